The number of aromatic nitrogens is 2. The molecular weight excluding hydrogens is 322 g/mol. The summed E-state index contributed by atoms with van der Waals surface area (Å²) in [6, 6.07) is 2.54. The Labute approximate surface area is 127 Å². The van der Waals surface area contributed by atoms with Crippen molar-refractivity contribution in [3.63, 3.8) is 0 Å². The summed E-state index contributed by atoms with van der Waals surface area (Å²) < 4.78 is 3.44. The largest absolute Gasteiger partial charge is 0.335 e. The topological polar surface area (TPSA) is 29.9 Å². The van der Waals surface area contributed by atoms with E-state index in [1.807, 2.05) is 6.20 Å². The van der Waals surface area contributed by atoms with Gasteiger partial charge < -0.3 is 9.88 Å². The second-order valence-electron chi connectivity index (χ2n) is 4.54. The van der Waals surface area contributed by atoms with Gasteiger partial charge in [0, 0.05) is 31.4 Å². The molecule has 0 bridgehead atoms. The molecule has 1 atom stereocenters. The molecule has 0 aliphatic rings. The average molecular weight is 342 g/mol. The Kier molecular flexibility index (Phi) is 5.60. The van der Waals surface area contributed by atoms with Crippen LogP contribution in [0.15, 0.2) is 27.6 Å². The number of halogens is 1. The number of rotatable bonds is 7. The Bertz CT molecular complexity index is 506. The van der Waals surface area contributed by atoms with Gasteiger partial charge in [0.25, 0.3) is 0 Å². The first-order chi connectivity index (χ1) is 9.24. The van der Waals surface area contributed by atoms with Crippen LogP contribution in [0.2, 0.25) is 0 Å². The highest BCUT2D eigenvalue weighted by Gasteiger charge is 2.15. The van der Waals surface area contributed by atoms with E-state index in [2.05, 4.69) is 62.3 Å². The Balaban J connectivity index is 2.14. The fourth-order valence-corrected chi connectivity index (χ4v) is 3.45. The second-order valence-corrected chi connectivity index (χ2v) is 6.83. The number of thiophene rings is 1. The van der Waals surface area contributed by atoms with Gasteiger partial charge in [-0.05, 0) is 45.9 Å². The van der Waals surface area contributed by atoms with Gasteiger partial charge >= 0.3 is 0 Å². The molecule has 0 spiro atoms. The zero-order chi connectivity index (χ0) is 13.7. The molecule has 2 rings (SSSR count). The minimum absolute atomic E-state index is 0.338. The maximum atomic E-state index is 4.50. The summed E-state index contributed by atoms with van der Waals surface area (Å²) in [5, 5.41) is 5.77. The van der Waals surface area contributed by atoms with Gasteiger partial charge in [-0.15, -0.1) is 11.3 Å². The quantitative estimate of drug-likeness (QED) is 0.824. The van der Waals surface area contributed by atoms with Crippen LogP contribution in [-0.4, -0.2) is 16.1 Å². The second kappa shape index (κ2) is 7.22. The predicted molar refractivity (Wildman–Crippen MR) is 84.7 cm³/mol. The van der Waals surface area contributed by atoms with Crippen LogP contribution in [0.5, 0.6) is 0 Å². The molecule has 0 fully saturated rings. The molecule has 3 nitrogen and oxygen atoms in total. The van der Waals surface area contributed by atoms with Crippen molar-refractivity contribution in [3.05, 3.63) is 39.0 Å². The number of nitrogens with one attached hydrogen (secondary N) is 1. The lowest BCUT2D eigenvalue weighted by atomic mass is 10.1. The van der Waals surface area contributed by atoms with Crippen LogP contribution in [-0.2, 0) is 13.0 Å². The first-order valence-electron chi connectivity index (χ1n) is 6.71. The van der Waals surface area contributed by atoms with Crippen molar-refractivity contribution in [3.8, 4) is 0 Å². The number of likely N-dealkylation sites (N-methyl/N-ethyl adjacent to an activating group) is 1. The van der Waals surface area contributed by atoms with Crippen molar-refractivity contribution < 1.29 is 0 Å². The lowest BCUT2D eigenvalue weighted by Crippen LogP contribution is -2.24. The fourth-order valence-electron chi connectivity index (χ4n) is 2.22. The molecule has 0 aromatic carbocycles. The molecule has 0 radical (unpaired) electrons. The van der Waals surface area contributed by atoms with E-state index in [0.717, 1.165) is 31.8 Å². The average Bonchev–Trinajstić information content (AvgIpc) is 2.99. The number of aryl methyl sites for hydroxylation is 1. The van der Waals surface area contributed by atoms with Crippen LogP contribution in [0.25, 0.3) is 0 Å². The molecule has 0 saturated carbocycles. The molecule has 0 saturated heterocycles. The smallest absolute Gasteiger partial charge is 0.110 e. The molecule has 0 amide bonds. The van der Waals surface area contributed by atoms with E-state index in [-0.39, 0.29) is 0 Å². The lowest BCUT2D eigenvalue weighted by Gasteiger charge is -2.17. The van der Waals surface area contributed by atoms with Crippen LogP contribution in [0.4, 0.5) is 0 Å². The van der Waals surface area contributed by atoms with E-state index in [0.29, 0.717) is 6.04 Å². The first-order valence-corrected chi connectivity index (χ1v) is 8.39. The lowest BCUT2D eigenvalue weighted by molar-refractivity contribution is 0.517. The molecule has 2 aromatic rings. The molecular formula is C14H20BrN3S. The zero-order valence-corrected chi connectivity index (χ0v) is 13.8. The normalized spacial score (nSPS) is 12.8. The maximum absolute atomic E-state index is 4.50. The Morgan fingerprint density at radius 3 is 2.95 bits per heavy atom. The number of nitrogens with zero attached hydrogens (tertiary/aromatic N) is 2. The minimum Gasteiger partial charge on any atom is -0.335 e. The number of imidazole rings is 1. The third kappa shape index (κ3) is 3.91. The molecule has 1 N–H and O–H groups in total. The van der Waals surface area contributed by atoms with Crippen molar-refractivity contribution in [1.29, 1.82) is 0 Å². The minimum atomic E-state index is 0.338. The molecule has 2 aromatic heterocycles. The third-order valence-electron chi connectivity index (χ3n) is 3.09. The van der Waals surface area contributed by atoms with Crippen LogP contribution in [0, 0.1) is 0 Å². The van der Waals surface area contributed by atoms with Crippen molar-refractivity contribution in [2.75, 3.05) is 6.54 Å². The summed E-state index contributed by atoms with van der Waals surface area (Å²) >= 11 is 5.27. The molecule has 2 heterocycles. The highest BCUT2D eigenvalue weighted by molar-refractivity contribution is 9.11. The van der Waals surface area contributed by atoms with Gasteiger partial charge in [0.05, 0.1) is 3.79 Å². The summed E-state index contributed by atoms with van der Waals surface area (Å²) in [7, 11) is 0. The SMILES string of the molecule is CCCn1ccnc1CC(NCC)c1csc(Br)c1. The molecule has 1 unspecified atom stereocenters. The van der Waals surface area contributed by atoms with Crippen LogP contribution in [0.3, 0.4) is 0 Å². The van der Waals surface area contributed by atoms with Crippen LogP contribution < -0.4 is 5.32 Å². The fraction of sp³-hybridized carbons (Fsp3) is 0.500. The van der Waals surface area contributed by atoms with E-state index in [4.69, 9.17) is 0 Å². The van der Waals surface area contributed by atoms with E-state index in [1.54, 1.807) is 11.3 Å². The monoisotopic (exact) mass is 341 g/mol. The predicted octanol–water partition coefficient (Wildman–Crippen LogP) is 4.01. The summed E-state index contributed by atoms with van der Waals surface area (Å²) in [6.07, 6.45) is 6.05. The van der Waals surface area contributed by atoms with Crippen molar-refractivity contribution in [2.45, 2.75) is 39.3 Å². The van der Waals surface area contributed by atoms with Gasteiger partial charge in [-0.2, -0.15) is 0 Å². The van der Waals surface area contributed by atoms with Gasteiger partial charge in [-0.1, -0.05) is 13.8 Å². The highest BCUT2D eigenvalue weighted by atomic mass is 79.9. The van der Waals surface area contributed by atoms with Crippen molar-refractivity contribution >= 4 is 27.3 Å². The standard InChI is InChI=1S/C14H20BrN3S/c1-3-6-18-7-5-17-14(18)9-12(16-4-2)11-8-13(15)19-10-11/h5,7-8,10,12,16H,3-4,6,9H2,1-2H3. The highest BCUT2D eigenvalue weighted by Crippen LogP contribution is 2.27. The Hall–Kier alpha value is -0.650. The number of hydrogen-bond acceptors (Lipinski definition) is 3. The van der Waals surface area contributed by atoms with Crippen molar-refractivity contribution in [1.82, 2.24) is 14.9 Å². The summed E-state index contributed by atoms with van der Waals surface area (Å²) in [6.45, 7) is 6.35. The summed E-state index contributed by atoms with van der Waals surface area (Å²) in [4.78, 5) is 4.50. The number of hydrogen-bond donors (Lipinski definition) is 1. The first kappa shape index (κ1) is 14.8. The maximum Gasteiger partial charge on any atom is 0.110 e. The van der Waals surface area contributed by atoms with E-state index >= 15 is 0 Å². The van der Waals surface area contributed by atoms with Crippen LogP contribution >= 0.6 is 27.3 Å². The molecule has 0 aliphatic heterocycles. The van der Waals surface area contributed by atoms with Crippen molar-refractivity contribution in [2.24, 2.45) is 0 Å². The molecule has 19 heavy (non-hydrogen) atoms. The van der Waals surface area contributed by atoms with Gasteiger partial charge in [-0.25, -0.2) is 4.98 Å². The van der Waals surface area contributed by atoms with E-state index in [9.17, 15) is 0 Å². The molecule has 5 heteroatoms. The van der Waals surface area contributed by atoms with Crippen LogP contribution in [0.1, 0.15) is 37.7 Å². The summed E-state index contributed by atoms with van der Waals surface area (Å²) in [5.41, 5.74) is 1.34. The molecule has 0 aliphatic carbocycles. The van der Waals surface area contributed by atoms with E-state index in [1.165, 1.54) is 9.35 Å². The van der Waals surface area contributed by atoms with E-state index < -0.39 is 0 Å². The third-order valence-corrected chi connectivity index (χ3v) is 4.62. The Morgan fingerprint density at radius 2 is 2.32 bits per heavy atom. The van der Waals surface area contributed by atoms with Gasteiger partial charge in [0.1, 0.15) is 5.82 Å². The Morgan fingerprint density at radius 1 is 1.47 bits per heavy atom. The molecule has 104 valence electrons. The van der Waals surface area contributed by atoms with Gasteiger partial charge in [-0.3, -0.25) is 0 Å². The van der Waals surface area contributed by atoms with Gasteiger partial charge in [0.2, 0.25) is 0 Å². The summed E-state index contributed by atoms with van der Waals surface area (Å²) in [5.74, 6) is 1.16. The van der Waals surface area contributed by atoms with Gasteiger partial charge in [0.15, 0.2) is 0 Å². The zero-order valence-electron chi connectivity index (χ0n) is 11.4.